The third-order valence-electron chi connectivity index (χ3n) is 4.02. The number of fused-ring (bicyclic) bond motifs is 1. The smallest absolute Gasteiger partial charge is 0.261 e. The molecule has 1 aromatic heterocycles. The molecule has 3 nitrogen and oxygen atoms in total. The molecule has 2 N–H and O–H groups in total. The van der Waals surface area contributed by atoms with Crippen LogP contribution < -0.4 is 5.32 Å². The molecule has 1 fully saturated rings. The van der Waals surface area contributed by atoms with E-state index in [-0.39, 0.29) is 23.7 Å². The summed E-state index contributed by atoms with van der Waals surface area (Å²) in [5.74, 6) is -0.425. The van der Waals surface area contributed by atoms with Gasteiger partial charge in [-0.3, -0.25) is 4.79 Å². The van der Waals surface area contributed by atoms with E-state index in [1.54, 1.807) is 6.07 Å². The van der Waals surface area contributed by atoms with Gasteiger partial charge in [0.1, 0.15) is 5.82 Å². The van der Waals surface area contributed by atoms with Crippen molar-refractivity contribution in [2.24, 2.45) is 5.41 Å². The van der Waals surface area contributed by atoms with Gasteiger partial charge in [0.15, 0.2) is 0 Å². The van der Waals surface area contributed by atoms with Gasteiger partial charge in [0.05, 0.1) is 11.5 Å². The predicted octanol–water partition coefficient (Wildman–Crippen LogP) is 2.85. The van der Waals surface area contributed by atoms with Crippen LogP contribution in [0.3, 0.4) is 0 Å². The van der Waals surface area contributed by atoms with Crippen molar-refractivity contribution in [3.63, 3.8) is 0 Å². The van der Waals surface area contributed by atoms with Crippen molar-refractivity contribution in [1.82, 2.24) is 5.32 Å². The van der Waals surface area contributed by atoms with E-state index in [9.17, 15) is 14.3 Å². The fourth-order valence-electron chi connectivity index (χ4n) is 2.33. The van der Waals surface area contributed by atoms with Crippen molar-refractivity contribution in [3.8, 4) is 0 Å². The Kier molecular flexibility index (Phi) is 3.26. The number of carbonyl (C=O) groups excluding carboxylic acids is 1. The lowest BCUT2D eigenvalue weighted by Gasteiger charge is -2.12. The maximum atomic E-state index is 13.3. The number of aryl methyl sites for hydroxylation is 1. The molecule has 106 valence electrons. The highest BCUT2D eigenvalue weighted by Crippen LogP contribution is 2.44. The normalized spacial score (nSPS) is 16.4. The lowest BCUT2D eigenvalue weighted by atomic mass is 10.1. The fraction of sp³-hybridized carbons (Fsp3) is 0.400. The molecule has 0 unspecified atom stereocenters. The molecule has 0 saturated heterocycles. The third kappa shape index (κ3) is 2.31. The first-order valence-corrected chi connectivity index (χ1v) is 7.44. The minimum Gasteiger partial charge on any atom is -0.396 e. The Balaban J connectivity index is 1.82. The van der Waals surface area contributed by atoms with Crippen molar-refractivity contribution in [2.45, 2.75) is 19.8 Å². The number of nitrogens with one attached hydrogen (secondary N) is 1. The van der Waals surface area contributed by atoms with Gasteiger partial charge in [0.2, 0.25) is 0 Å². The standard InChI is InChI=1S/C15H16FNO2S/c1-9-11-6-10(16)2-3-12(11)20-13(9)14(19)17-7-15(8-18)4-5-15/h2-3,6,18H,4-5,7-8H2,1H3,(H,17,19). The fourth-order valence-corrected chi connectivity index (χ4v) is 3.43. The first-order chi connectivity index (χ1) is 9.54. The molecule has 1 amide bonds. The number of benzene rings is 1. The highest BCUT2D eigenvalue weighted by molar-refractivity contribution is 7.21. The molecule has 0 radical (unpaired) electrons. The summed E-state index contributed by atoms with van der Waals surface area (Å²) in [4.78, 5) is 12.9. The molecule has 20 heavy (non-hydrogen) atoms. The van der Waals surface area contributed by atoms with Gasteiger partial charge in [0.25, 0.3) is 5.91 Å². The summed E-state index contributed by atoms with van der Waals surface area (Å²) in [6, 6.07) is 4.58. The summed E-state index contributed by atoms with van der Waals surface area (Å²) in [5, 5.41) is 12.9. The van der Waals surface area contributed by atoms with Crippen molar-refractivity contribution < 1.29 is 14.3 Å². The summed E-state index contributed by atoms with van der Waals surface area (Å²) < 4.78 is 14.2. The van der Waals surface area contributed by atoms with Crippen molar-refractivity contribution >= 4 is 27.3 Å². The highest BCUT2D eigenvalue weighted by atomic mass is 32.1. The average molecular weight is 293 g/mol. The second kappa shape index (κ2) is 4.82. The summed E-state index contributed by atoms with van der Waals surface area (Å²) in [6.45, 7) is 2.46. The van der Waals surface area contributed by atoms with Gasteiger partial charge in [0, 0.05) is 16.7 Å². The summed E-state index contributed by atoms with van der Waals surface area (Å²) in [5.41, 5.74) is 0.711. The van der Waals surface area contributed by atoms with Gasteiger partial charge in [-0.15, -0.1) is 11.3 Å². The van der Waals surface area contributed by atoms with E-state index in [0.717, 1.165) is 28.5 Å². The first kappa shape index (κ1) is 13.5. The average Bonchev–Trinajstić information content (AvgIpc) is 3.16. The van der Waals surface area contributed by atoms with Gasteiger partial charge in [-0.1, -0.05) is 0 Å². The number of amides is 1. The zero-order valence-electron chi connectivity index (χ0n) is 11.2. The number of rotatable bonds is 4. The van der Waals surface area contributed by atoms with E-state index in [2.05, 4.69) is 5.32 Å². The topological polar surface area (TPSA) is 49.3 Å². The molecular weight excluding hydrogens is 277 g/mol. The quantitative estimate of drug-likeness (QED) is 0.910. The lowest BCUT2D eigenvalue weighted by molar-refractivity contribution is 0.0939. The molecule has 1 aromatic carbocycles. The Hall–Kier alpha value is -1.46. The maximum absolute atomic E-state index is 13.3. The summed E-state index contributed by atoms with van der Waals surface area (Å²) >= 11 is 1.38. The van der Waals surface area contributed by atoms with Crippen molar-refractivity contribution in [1.29, 1.82) is 0 Å². The third-order valence-corrected chi connectivity index (χ3v) is 5.29. The maximum Gasteiger partial charge on any atom is 0.261 e. The molecule has 0 aliphatic heterocycles. The second-order valence-electron chi connectivity index (χ2n) is 5.54. The number of halogens is 1. The van der Waals surface area contributed by atoms with Crippen LogP contribution in [0.2, 0.25) is 0 Å². The van der Waals surface area contributed by atoms with Gasteiger partial charge in [-0.05, 0) is 48.9 Å². The zero-order chi connectivity index (χ0) is 14.3. The molecule has 0 atom stereocenters. The van der Waals surface area contributed by atoms with Crippen LogP contribution >= 0.6 is 11.3 Å². The van der Waals surface area contributed by atoms with Crippen LogP contribution in [0.1, 0.15) is 28.1 Å². The van der Waals surface area contributed by atoms with E-state index in [0.29, 0.717) is 11.4 Å². The Labute approximate surface area is 120 Å². The molecule has 5 heteroatoms. The number of hydrogen-bond donors (Lipinski definition) is 2. The van der Waals surface area contributed by atoms with Gasteiger partial charge < -0.3 is 10.4 Å². The Morgan fingerprint density at radius 1 is 1.50 bits per heavy atom. The molecule has 1 aliphatic rings. The van der Waals surface area contributed by atoms with Gasteiger partial charge in [-0.25, -0.2) is 4.39 Å². The largest absolute Gasteiger partial charge is 0.396 e. The number of aliphatic hydroxyl groups excluding tert-OH is 1. The van der Waals surface area contributed by atoms with E-state index in [4.69, 9.17) is 0 Å². The van der Waals surface area contributed by atoms with E-state index in [1.807, 2.05) is 6.92 Å². The van der Waals surface area contributed by atoms with Crippen molar-refractivity contribution in [3.05, 3.63) is 34.5 Å². The van der Waals surface area contributed by atoms with E-state index in [1.165, 1.54) is 23.5 Å². The number of aliphatic hydroxyl groups is 1. The summed E-state index contributed by atoms with van der Waals surface area (Å²) in [7, 11) is 0. The molecular formula is C15H16FNO2S. The molecule has 1 saturated carbocycles. The van der Waals surface area contributed by atoms with E-state index < -0.39 is 0 Å². The van der Waals surface area contributed by atoms with Crippen LogP contribution in [-0.4, -0.2) is 24.2 Å². The number of thiophene rings is 1. The van der Waals surface area contributed by atoms with Gasteiger partial charge >= 0.3 is 0 Å². The molecule has 1 aliphatic carbocycles. The Morgan fingerprint density at radius 2 is 2.25 bits per heavy atom. The SMILES string of the molecule is Cc1c(C(=O)NCC2(CO)CC2)sc2ccc(F)cc12. The van der Waals surface area contributed by atoms with Crippen LogP contribution in [0, 0.1) is 18.2 Å². The van der Waals surface area contributed by atoms with Gasteiger partial charge in [-0.2, -0.15) is 0 Å². The molecule has 1 heterocycles. The first-order valence-electron chi connectivity index (χ1n) is 6.62. The Bertz CT molecular complexity index is 676. The number of carbonyl (C=O) groups is 1. The Morgan fingerprint density at radius 3 is 2.90 bits per heavy atom. The molecule has 0 bridgehead atoms. The minimum absolute atomic E-state index is 0.105. The van der Waals surface area contributed by atoms with Crippen LogP contribution in [0.15, 0.2) is 18.2 Å². The van der Waals surface area contributed by atoms with Crippen LogP contribution in [-0.2, 0) is 0 Å². The molecule has 2 aromatic rings. The van der Waals surface area contributed by atoms with Crippen LogP contribution in [0.25, 0.3) is 10.1 Å². The second-order valence-corrected chi connectivity index (χ2v) is 6.59. The highest BCUT2D eigenvalue weighted by Gasteiger charge is 2.42. The molecule has 0 spiro atoms. The lowest BCUT2D eigenvalue weighted by Crippen LogP contribution is -2.31. The number of hydrogen-bond acceptors (Lipinski definition) is 3. The van der Waals surface area contributed by atoms with Crippen LogP contribution in [0.5, 0.6) is 0 Å². The minimum atomic E-state index is -0.289. The molecule has 3 rings (SSSR count). The van der Waals surface area contributed by atoms with E-state index >= 15 is 0 Å². The zero-order valence-corrected chi connectivity index (χ0v) is 12.0. The monoisotopic (exact) mass is 293 g/mol. The summed E-state index contributed by atoms with van der Waals surface area (Å²) in [6.07, 6.45) is 1.92. The predicted molar refractivity (Wildman–Crippen MR) is 77.6 cm³/mol. The van der Waals surface area contributed by atoms with Crippen molar-refractivity contribution in [2.75, 3.05) is 13.2 Å². The van der Waals surface area contributed by atoms with Crippen LogP contribution in [0.4, 0.5) is 4.39 Å².